The van der Waals surface area contributed by atoms with Gasteiger partial charge in [0.1, 0.15) is 11.9 Å². The molecule has 0 aromatic heterocycles. The Hall–Kier alpha value is -3.02. The van der Waals surface area contributed by atoms with Gasteiger partial charge in [-0.05, 0) is 48.6 Å². The van der Waals surface area contributed by atoms with Crippen LogP contribution in [0.5, 0.6) is 0 Å². The lowest BCUT2D eigenvalue weighted by molar-refractivity contribution is -0.123. The Bertz CT molecular complexity index is 1030. The first-order chi connectivity index (χ1) is 15.9. The maximum atomic E-state index is 14.5. The normalized spacial score (nSPS) is 19.8. The lowest BCUT2D eigenvalue weighted by atomic mass is 10.0. The molecule has 1 unspecified atom stereocenters. The zero-order valence-corrected chi connectivity index (χ0v) is 19.3. The van der Waals surface area contributed by atoms with Gasteiger partial charge in [-0.25, -0.2) is 9.29 Å². The molecule has 6 heteroatoms. The van der Waals surface area contributed by atoms with Gasteiger partial charge in [-0.1, -0.05) is 63.8 Å². The van der Waals surface area contributed by atoms with Crippen LogP contribution in [-0.2, 0) is 9.59 Å². The van der Waals surface area contributed by atoms with Gasteiger partial charge in [0.05, 0.1) is 17.7 Å². The van der Waals surface area contributed by atoms with Crippen LogP contribution in [0.3, 0.4) is 0 Å². The van der Waals surface area contributed by atoms with Crippen LogP contribution in [0.25, 0.3) is 0 Å². The summed E-state index contributed by atoms with van der Waals surface area (Å²) in [6, 6.07) is 12.1. The molecule has 2 aliphatic rings. The van der Waals surface area contributed by atoms with Crippen molar-refractivity contribution < 1.29 is 18.8 Å². The van der Waals surface area contributed by atoms with Crippen LogP contribution < -0.4 is 4.90 Å². The Labute approximate surface area is 194 Å². The van der Waals surface area contributed by atoms with Crippen LogP contribution in [0, 0.1) is 5.82 Å². The van der Waals surface area contributed by atoms with Crippen LogP contribution in [0.2, 0.25) is 0 Å². The summed E-state index contributed by atoms with van der Waals surface area (Å²) >= 11 is 0. The minimum absolute atomic E-state index is 0.0540. The number of amides is 3. The molecule has 5 nitrogen and oxygen atoms in total. The van der Waals surface area contributed by atoms with Crippen LogP contribution >= 0.6 is 0 Å². The molecule has 174 valence electrons. The molecular weight excluding hydrogens is 419 g/mol. The number of carbonyl (C=O) groups excluding carboxylic acids is 3. The average molecular weight is 451 g/mol. The number of nitrogens with zero attached hydrogens (tertiary/aromatic N) is 2. The van der Waals surface area contributed by atoms with E-state index in [2.05, 4.69) is 13.8 Å². The van der Waals surface area contributed by atoms with Crippen molar-refractivity contribution in [3.63, 3.8) is 0 Å². The third kappa shape index (κ3) is 4.70. The van der Waals surface area contributed by atoms with Gasteiger partial charge in [-0.3, -0.25) is 14.4 Å². The van der Waals surface area contributed by atoms with Crippen molar-refractivity contribution in [3.05, 3.63) is 65.5 Å². The molecular formula is C27H31FN2O3. The Morgan fingerprint density at radius 1 is 0.970 bits per heavy atom. The number of rotatable bonds is 5. The first-order valence-electron chi connectivity index (χ1n) is 11.9. The average Bonchev–Trinajstić information content (AvgIpc) is 2.97. The molecule has 2 fully saturated rings. The van der Waals surface area contributed by atoms with E-state index in [1.165, 1.54) is 28.0 Å². The topological polar surface area (TPSA) is 57.7 Å². The van der Waals surface area contributed by atoms with Crippen LogP contribution in [0.4, 0.5) is 10.1 Å². The summed E-state index contributed by atoms with van der Waals surface area (Å²) in [5, 5.41) is 0. The molecule has 0 N–H and O–H groups in total. The highest BCUT2D eigenvalue weighted by atomic mass is 19.1. The molecule has 1 aliphatic heterocycles. The molecule has 1 aliphatic carbocycles. The van der Waals surface area contributed by atoms with Crippen LogP contribution in [0.1, 0.15) is 80.6 Å². The summed E-state index contributed by atoms with van der Waals surface area (Å²) in [6.07, 6.45) is 5.46. The molecule has 3 amide bonds. The van der Waals surface area contributed by atoms with Gasteiger partial charge in [-0.15, -0.1) is 0 Å². The van der Waals surface area contributed by atoms with Gasteiger partial charge < -0.3 is 4.90 Å². The van der Waals surface area contributed by atoms with E-state index in [0.29, 0.717) is 11.6 Å². The largest absolute Gasteiger partial charge is 0.323 e. The molecule has 1 heterocycles. The highest BCUT2D eigenvalue weighted by Crippen LogP contribution is 2.32. The molecule has 0 bridgehead atoms. The zero-order valence-electron chi connectivity index (χ0n) is 19.3. The summed E-state index contributed by atoms with van der Waals surface area (Å²) in [4.78, 5) is 42.8. The molecule has 2 aromatic carbocycles. The van der Waals surface area contributed by atoms with E-state index in [4.69, 9.17) is 0 Å². The second kappa shape index (κ2) is 9.86. The van der Waals surface area contributed by atoms with Gasteiger partial charge in [-0.2, -0.15) is 0 Å². The van der Waals surface area contributed by atoms with Gasteiger partial charge >= 0.3 is 0 Å². The van der Waals surface area contributed by atoms with Crippen molar-refractivity contribution in [1.82, 2.24) is 4.90 Å². The first-order valence-corrected chi connectivity index (χ1v) is 11.9. The molecule has 2 aromatic rings. The predicted octanol–water partition coefficient (Wildman–Crippen LogP) is 5.45. The molecule has 33 heavy (non-hydrogen) atoms. The number of anilines is 1. The van der Waals surface area contributed by atoms with Crippen LogP contribution in [-0.4, -0.2) is 34.7 Å². The second-order valence-electron chi connectivity index (χ2n) is 9.37. The monoisotopic (exact) mass is 450 g/mol. The van der Waals surface area contributed by atoms with Crippen molar-refractivity contribution in [1.29, 1.82) is 0 Å². The second-order valence-corrected chi connectivity index (χ2v) is 9.37. The minimum atomic E-state index is -0.919. The summed E-state index contributed by atoms with van der Waals surface area (Å²) < 4.78 is 14.5. The van der Waals surface area contributed by atoms with Gasteiger partial charge in [0.15, 0.2) is 0 Å². The maximum Gasteiger partial charge on any atom is 0.257 e. The SMILES string of the molecule is CC(C)c1ccc(N2C(=O)CC(N(C(=O)c3ccccc3F)C3CCCCCC3)C2=O)cc1. The quantitative estimate of drug-likeness (QED) is 0.450. The van der Waals surface area contributed by atoms with Crippen molar-refractivity contribution in [2.45, 2.75) is 76.8 Å². The maximum absolute atomic E-state index is 14.5. The summed E-state index contributed by atoms with van der Waals surface area (Å²) in [6.45, 7) is 4.16. The minimum Gasteiger partial charge on any atom is -0.323 e. The molecule has 0 spiro atoms. The Morgan fingerprint density at radius 3 is 2.21 bits per heavy atom. The van der Waals surface area contributed by atoms with E-state index in [1.54, 1.807) is 18.2 Å². The number of carbonyl (C=O) groups is 3. The summed E-state index contributed by atoms with van der Waals surface area (Å²) in [7, 11) is 0. The lowest BCUT2D eigenvalue weighted by Gasteiger charge is -2.35. The predicted molar refractivity (Wildman–Crippen MR) is 125 cm³/mol. The fraction of sp³-hybridized carbons (Fsp3) is 0.444. The lowest BCUT2D eigenvalue weighted by Crippen LogP contribution is -2.51. The van der Waals surface area contributed by atoms with E-state index in [9.17, 15) is 18.8 Å². The van der Waals surface area contributed by atoms with Crippen molar-refractivity contribution in [2.24, 2.45) is 0 Å². The molecule has 0 radical (unpaired) electrons. The molecule has 1 saturated heterocycles. The van der Waals surface area contributed by atoms with E-state index in [-0.39, 0.29) is 23.9 Å². The van der Waals surface area contributed by atoms with Gasteiger partial charge in [0.2, 0.25) is 5.91 Å². The Kier molecular flexibility index (Phi) is 6.91. The van der Waals surface area contributed by atoms with Gasteiger partial charge in [0, 0.05) is 6.04 Å². The number of benzene rings is 2. The Morgan fingerprint density at radius 2 is 1.61 bits per heavy atom. The smallest absolute Gasteiger partial charge is 0.257 e. The molecule has 1 atom stereocenters. The van der Waals surface area contributed by atoms with Crippen molar-refractivity contribution in [2.75, 3.05) is 4.90 Å². The highest BCUT2D eigenvalue weighted by molar-refractivity contribution is 6.23. The standard InChI is InChI=1S/C27H31FN2O3/c1-18(2)19-13-15-21(16-14-19)30-25(31)17-24(27(30)33)29(20-9-5-3-4-6-10-20)26(32)22-11-7-8-12-23(22)28/h7-8,11-16,18,20,24H,3-6,9-10,17H2,1-2H3. The van der Waals surface area contributed by atoms with E-state index >= 15 is 0 Å². The van der Waals surface area contributed by atoms with Crippen LogP contribution in [0.15, 0.2) is 48.5 Å². The number of hydrogen-bond acceptors (Lipinski definition) is 3. The Balaban J connectivity index is 1.68. The summed E-state index contributed by atoms with van der Waals surface area (Å²) in [5.74, 6) is -1.53. The van der Waals surface area contributed by atoms with E-state index < -0.39 is 23.7 Å². The first kappa shape index (κ1) is 23.1. The number of halogens is 1. The van der Waals surface area contributed by atoms with Crippen molar-refractivity contribution in [3.8, 4) is 0 Å². The zero-order chi connectivity index (χ0) is 23.5. The molecule has 4 rings (SSSR count). The van der Waals surface area contributed by atoms with Crippen molar-refractivity contribution >= 4 is 23.4 Å². The fourth-order valence-corrected chi connectivity index (χ4v) is 4.98. The number of imide groups is 1. The summed E-state index contributed by atoms with van der Waals surface area (Å²) in [5.41, 5.74) is 1.57. The van der Waals surface area contributed by atoms with E-state index in [1.807, 2.05) is 12.1 Å². The third-order valence-corrected chi connectivity index (χ3v) is 6.83. The highest BCUT2D eigenvalue weighted by Gasteiger charge is 2.46. The number of hydrogen-bond donors (Lipinski definition) is 0. The third-order valence-electron chi connectivity index (χ3n) is 6.83. The fourth-order valence-electron chi connectivity index (χ4n) is 4.98. The molecule has 1 saturated carbocycles. The van der Waals surface area contributed by atoms with E-state index in [0.717, 1.165) is 44.1 Å². The van der Waals surface area contributed by atoms with Gasteiger partial charge in [0.25, 0.3) is 11.8 Å².